The van der Waals surface area contributed by atoms with Gasteiger partial charge in [-0.15, -0.1) is 0 Å². The van der Waals surface area contributed by atoms with E-state index in [1.54, 1.807) is 0 Å². The van der Waals surface area contributed by atoms with Crippen LogP contribution in [0, 0.1) is 11.8 Å². The van der Waals surface area contributed by atoms with Gasteiger partial charge in [0.25, 0.3) is 0 Å². The summed E-state index contributed by atoms with van der Waals surface area (Å²) < 4.78 is 0. The second kappa shape index (κ2) is 17.5. The normalized spacial score (nSPS) is 14.3. The average molecular weight is 399 g/mol. The molecule has 1 aromatic carbocycles. The van der Waals surface area contributed by atoms with Crippen LogP contribution in [0.1, 0.15) is 110 Å². The average Bonchev–Trinajstić information content (AvgIpc) is 3.25. The summed E-state index contributed by atoms with van der Waals surface area (Å²) in [5, 5.41) is 0. The van der Waals surface area contributed by atoms with Gasteiger partial charge in [0.1, 0.15) is 5.78 Å². The lowest BCUT2D eigenvalue weighted by atomic mass is 9.98. The second-order valence-electron chi connectivity index (χ2n) is 9.02. The summed E-state index contributed by atoms with van der Waals surface area (Å²) >= 11 is 0. The van der Waals surface area contributed by atoms with Gasteiger partial charge in [-0.05, 0) is 44.1 Å². The number of hydrogen-bond acceptors (Lipinski definition) is 1. The Balaban J connectivity index is 0.000000331. The van der Waals surface area contributed by atoms with Gasteiger partial charge in [0.2, 0.25) is 0 Å². The highest BCUT2D eigenvalue weighted by molar-refractivity contribution is 5.80. The van der Waals surface area contributed by atoms with Crippen LogP contribution < -0.4 is 0 Å². The summed E-state index contributed by atoms with van der Waals surface area (Å²) in [4.78, 5) is 11.1. The van der Waals surface area contributed by atoms with Gasteiger partial charge in [-0.3, -0.25) is 4.79 Å². The molecule has 1 aliphatic carbocycles. The fraction of sp³-hybridized carbons (Fsp3) is 0.679. The zero-order valence-electron chi connectivity index (χ0n) is 19.5. The minimum atomic E-state index is 0.209. The van der Waals surface area contributed by atoms with Crippen LogP contribution in [0.4, 0.5) is 0 Å². The third-order valence-corrected chi connectivity index (χ3v) is 6.07. The fourth-order valence-corrected chi connectivity index (χ4v) is 4.09. The van der Waals surface area contributed by atoms with Crippen LogP contribution in [0.15, 0.2) is 42.5 Å². The minimum Gasteiger partial charge on any atom is -0.299 e. The first-order chi connectivity index (χ1) is 14.1. The number of ketones is 1. The van der Waals surface area contributed by atoms with Gasteiger partial charge in [0.05, 0.1) is 0 Å². The van der Waals surface area contributed by atoms with Gasteiger partial charge in [0, 0.05) is 12.3 Å². The lowest BCUT2D eigenvalue weighted by Gasteiger charge is -2.08. The quantitative estimate of drug-likeness (QED) is 0.240. The highest BCUT2D eigenvalue weighted by atomic mass is 16.1. The van der Waals surface area contributed by atoms with Crippen LogP contribution in [-0.4, -0.2) is 5.78 Å². The number of benzene rings is 1. The van der Waals surface area contributed by atoms with E-state index in [1.807, 2.05) is 26.8 Å². The van der Waals surface area contributed by atoms with E-state index in [0.29, 0.717) is 5.78 Å². The number of aryl methyl sites for hydroxylation is 1. The number of rotatable bonds is 13. The van der Waals surface area contributed by atoms with E-state index in [4.69, 9.17) is 0 Å². The van der Waals surface area contributed by atoms with Crippen molar-refractivity contribution in [2.75, 3.05) is 0 Å². The summed E-state index contributed by atoms with van der Waals surface area (Å²) in [6, 6.07) is 10.9. The van der Waals surface area contributed by atoms with E-state index in [0.717, 1.165) is 25.2 Å². The predicted octanol–water partition coefficient (Wildman–Crippen LogP) is 8.72. The van der Waals surface area contributed by atoms with Crippen LogP contribution >= 0.6 is 0 Å². The molecular weight excluding hydrogens is 352 g/mol. The van der Waals surface area contributed by atoms with Crippen molar-refractivity contribution < 1.29 is 4.79 Å². The number of Topliss-reactive ketones (excluding diaryl/α,β-unsaturated/α-hetero) is 1. The minimum absolute atomic E-state index is 0.209. The van der Waals surface area contributed by atoms with Crippen molar-refractivity contribution in [1.82, 2.24) is 0 Å². The van der Waals surface area contributed by atoms with Crippen molar-refractivity contribution in [2.45, 2.75) is 111 Å². The molecule has 0 unspecified atom stereocenters. The summed E-state index contributed by atoms with van der Waals surface area (Å²) in [7, 11) is 0. The van der Waals surface area contributed by atoms with Crippen molar-refractivity contribution in [3.63, 3.8) is 0 Å². The van der Waals surface area contributed by atoms with Crippen molar-refractivity contribution >= 4 is 5.78 Å². The number of allylic oxidation sites excluding steroid dienone is 2. The molecule has 164 valence electrons. The van der Waals surface area contributed by atoms with Crippen LogP contribution in [-0.2, 0) is 11.2 Å². The van der Waals surface area contributed by atoms with E-state index in [9.17, 15) is 4.79 Å². The van der Waals surface area contributed by atoms with Crippen molar-refractivity contribution in [3.8, 4) is 0 Å². The first-order valence-electron chi connectivity index (χ1n) is 12.3. The van der Waals surface area contributed by atoms with E-state index in [2.05, 4.69) is 36.4 Å². The molecule has 1 aromatic rings. The molecular formula is C28H46O. The molecule has 1 fully saturated rings. The monoisotopic (exact) mass is 398 g/mol. The van der Waals surface area contributed by atoms with Gasteiger partial charge in [-0.1, -0.05) is 114 Å². The van der Waals surface area contributed by atoms with Crippen LogP contribution in [0.25, 0.3) is 0 Å². The summed E-state index contributed by atoms with van der Waals surface area (Å²) in [5.74, 6) is 1.68. The highest BCUT2D eigenvalue weighted by Crippen LogP contribution is 2.29. The Bertz CT molecular complexity index is 523. The number of carbonyl (C=O) groups excluding carboxylic acids is 1. The van der Waals surface area contributed by atoms with Gasteiger partial charge in [-0.2, -0.15) is 0 Å². The summed E-state index contributed by atoms with van der Waals surface area (Å²) in [5.41, 5.74) is 1.50. The topological polar surface area (TPSA) is 17.1 Å². The number of unbranched alkanes of at least 4 members (excludes halogenated alkanes) is 5. The number of carbonyl (C=O) groups is 1. The fourth-order valence-electron chi connectivity index (χ4n) is 4.09. The van der Waals surface area contributed by atoms with E-state index < -0.39 is 0 Å². The maximum atomic E-state index is 11.1. The zero-order chi connectivity index (χ0) is 21.2. The van der Waals surface area contributed by atoms with E-state index >= 15 is 0 Å². The molecule has 0 bridgehead atoms. The Kier molecular flexibility index (Phi) is 15.5. The van der Waals surface area contributed by atoms with Crippen molar-refractivity contribution in [2.24, 2.45) is 11.8 Å². The highest BCUT2D eigenvalue weighted by Gasteiger charge is 2.13. The summed E-state index contributed by atoms with van der Waals surface area (Å²) in [6.07, 6.45) is 22.9. The Morgan fingerprint density at radius 1 is 0.966 bits per heavy atom. The van der Waals surface area contributed by atoms with Crippen LogP contribution in [0.2, 0.25) is 0 Å². The van der Waals surface area contributed by atoms with E-state index in [-0.39, 0.29) is 5.92 Å². The Hall–Kier alpha value is -1.37. The predicted molar refractivity (Wildman–Crippen MR) is 128 cm³/mol. The molecule has 2 rings (SSSR count). The van der Waals surface area contributed by atoms with Crippen LogP contribution in [0.5, 0.6) is 0 Å². The molecule has 0 saturated heterocycles. The third-order valence-electron chi connectivity index (χ3n) is 6.07. The molecule has 1 aliphatic rings. The smallest absolute Gasteiger partial charge is 0.135 e. The third kappa shape index (κ3) is 14.3. The molecule has 0 aliphatic heterocycles. The zero-order valence-corrected chi connectivity index (χ0v) is 19.5. The SMILES string of the molecule is C/C=C\CCCC(=O)C(C)C.c1ccc(CCCCCCCC2CCCC2)cc1. The second-order valence-corrected chi connectivity index (χ2v) is 9.02. The molecule has 0 N–H and O–H groups in total. The Labute approximate surface area is 181 Å². The lowest BCUT2D eigenvalue weighted by molar-refractivity contribution is -0.121. The molecule has 29 heavy (non-hydrogen) atoms. The van der Waals surface area contributed by atoms with Gasteiger partial charge in [-0.25, -0.2) is 0 Å². The lowest BCUT2D eigenvalue weighted by Crippen LogP contribution is -2.05. The molecule has 0 spiro atoms. The Morgan fingerprint density at radius 3 is 2.28 bits per heavy atom. The maximum Gasteiger partial charge on any atom is 0.135 e. The van der Waals surface area contributed by atoms with Gasteiger partial charge < -0.3 is 0 Å². The molecule has 0 amide bonds. The molecule has 0 atom stereocenters. The standard InChI is InChI=1S/C18H28.C10H18O/c1(3-6-12-18-15-9-10-16-18)2-5-11-17-13-7-4-8-14-17;1-4-5-6-7-8-10(11)9(2)3/h4,7-8,13-14,18H,1-3,5-6,9-12,15-16H2;4-5,9H,6-8H2,1-3H3/b;5-4-. The largest absolute Gasteiger partial charge is 0.299 e. The molecule has 0 heterocycles. The van der Waals surface area contributed by atoms with Gasteiger partial charge >= 0.3 is 0 Å². The maximum absolute atomic E-state index is 11.1. The molecule has 0 radical (unpaired) electrons. The van der Waals surface area contributed by atoms with Gasteiger partial charge in [0.15, 0.2) is 0 Å². The van der Waals surface area contributed by atoms with Crippen LogP contribution in [0.3, 0.4) is 0 Å². The molecule has 1 heteroatoms. The Morgan fingerprint density at radius 2 is 1.62 bits per heavy atom. The molecule has 0 aromatic heterocycles. The first-order valence-corrected chi connectivity index (χ1v) is 12.3. The number of hydrogen-bond donors (Lipinski definition) is 0. The van der Waals surface area contributed by atoms with Crippen molar-refractivity contribution in [3.05, 3.63) is 48.0 Å². The van der Waals surface area contributed by atoms with E-state index in [1.165, 1.54) is 76.2 Å². The summed E-state index contributed by atoms with van der Waals surface area (Å²) in [6.45, 7) is 5.92. The first kappa shape index (κ1) is 25.7. The van der Waals surface area contributed by atoms with Crippen molar-refractivity contribution in [1.29, 1.82) is 0 Å². The molecule has 1 nitrogen and oxygen atoms in total. The molecule has 1 saturated carbocycles.